The van der Waals surface area contributed by atoms with Gasteiger partial charge in [0.25, 0.3) is 0 Å². The number of nitriles is 1. The van der Waals surface area contributed by atoms with Gasteiger partial charge in [0.1, 0.15) is 11.6 Å². The van der Waals surface area contributed by atoms with E-state index in [2.05, 4.69) is 0 Å². The Kier molecular flexibility index (Phi) is 3.44. The Hall–Kier alpha value is -3.77. The molecule has 30 heavy (non-hydrogen) atoms. The number of anilines is 1. The zero-order valence-corrected chi connectivity index (χ0v) is 16.8. The van der Waals surface area contributed by atoms with Crippen LogP contribution in [-0.2, 0) is 25.1 Å². The number of hydrogen-bond donors (Lipinski definition) is 1. The quantitative estimate of drug-likeness (QED) is 0.646. The summed E-state index contributed by atoms with van der Waals surface area (Å²) in [5.74, 6) is -0.989. The molecule has 2 aromatic carbocycles. The van der Waals surface area contributed by atoms with Crippen LogP contribution in [0.15, 0.2) is 58.8 Å². The zero-order valence-electron chi connectivity index (χ0n) is 16.0. The first kappa shape index (κ1) is 18.3. The first-order valence-corrected chi connectivity index (χ1v) is 10.4. The monoisotopic (exact) mass is 421 g/mol. The van der Waals surface area contributed by atoms with E-state index in [0.717, 1.165) is 5.56 Å². The fourth-order valence-electron chi connectivity index (χ4n) is 4.36. The number of amides is 1. The Labute approximate surface area is 172 Å². The van der Waals surface area contributed by atoms with Crippen molar-refractivity contribution in [3.8, 4) is 11.8 Å². The van der Waals surface area contributed by atoms with Crippen molar-refractivity contribution >= 4 is 27.5 Å². The summed E-state index contributed by atoms with van der Waals surface area (Å²) in [6.07, 6.45) is 0. The van der Waals surface area contributed by atoms with Gasteiger partial charge in [-0.3, -0.25) is 4.79 Å². The zero-order chi connectivity index (χ0) is 21.4. The standard InChI is InChI=1S/C21H15N3O5S/c1-11-7-8-15-13(9-11)21(20(25)24(15)2)14(10-22)19(23)28-17-12-5-3-4-6-16(12)29-30(26,27)18(17)21/h3-9H,23H2,1-2H3. The van der Waals surface area contributed by atoms with Gasteiger partial charge in [-0.05, 0) is 25.1 Å². The lowest BCUT2D eigenvalue weighted by molar-refractivity contribution is -0.120. The normalized spacial score (nSPS) is 23.4. The number of ether oxygens (including phenoxy) is 1. The van der Waals surface area contributed by atoms with E-state index >= 15 is 0 Å². The molecule has 3 aliphatic heterocycles. The predicted octanol–water partition coefficient (Wildman–Crippen LogP) is 2.02. The molecule has 0 radical (unpaired) electrons. The number of fused-ring (bicyclic) bond motifs is 5. The van der Waals surface area contributed by atoms with Crippen molar-refractivity contribution in [3.05, 3.63) is 75.5 Å². The SMILES string of the molecule is Cc1ccc2c(c1)C1(C(=O)N2C)C(C#N)=C(N)OC2=C1S(=O)(=O)Oc1ccccc12. The minimum Gasteiger partial charge on any atom is -0.438 e. The molecule has 1 atom stereocenters. The van der Waals surface area contributed by atoms with Crippen LogP contribution in [0.4, 0.5) is 5.69 Å². The summed E-state index contributed by atoms with van der Waals surface area (Å²) in [6.45, 7) is 1.81. The van der Waals surface area contributed by atoms with Gasteiger partial charge in [0.2, 0.25) is 11.8 Å². The Morgan fingerprint density at radius 1 is 1.20 bits per heavy atom. The summed E-state index contributed by atoms with van der Waals surface area (Å²) in [7, 11) is -2.98. The summed E-state index contributed by atoms with van der Waals surface area (Å²) in [6, 6.07) is 13.5. The highest BCUT2D eigenvalue weighted by atomic mass is 32.2. The molecule has 0 saturated carbocycles. The highest BCUT2D eigenvalue weighted by Gasteiger charge is 2.65. The second kappa shape index (κ2) is 5.64. The number of carbonyl (C=O) groups excluding carboxylic acids is 1. The van der Waals surface area contributed by atoms with Crippen molar-refractivity contribution in [2.24, 2.45) is 5.73 Å². The number of rotatable bonds is 0. The van der Waals surface area contributed by atoms with Gasteiger partial charge < -0.3 is 19.6 Å². The predicted molar refractivity (Wildman–Crippen MR) is 107 cm³/mol. The highest BCUT2D eigenvalue weighted by molar-refractivity contribution is 7.91. The van der Waals surface area contributed by atoms with Crippen LogP contribution in [0.1, 0.15) is 16.7 Å². The molecule has 3 aliphatic rings. The largest absolute Gasteiger partial charge is 0.438 e. The second-order valence-corrected chi connectivity index (χ2v) is 8.76. The van der Waals surface area contributed by atoms with Gasteiger partial charge in [-0.25, -0.2) is 0 Å². The van der Waals surface area contributed by atoms with E-state index in [1.54, 1.807) is 36.4 Å². The molecule has 150 valence electrons. The molecule has 1 spiro atoms. The second-order valence-electron chi connectivity index (χ2n) is 7.28. The fraction of sp³-hybridized carbons (Fsp3) is 0.143. The number of likely N-dealkylation sites (N-methyl/N-ethyl adjacent to an activating group) is 1. The number of hydrogen-bond acceptors (Lipinski definition) is 7. The Morgan fingerprint density at radius 3 is 2.67 bits per heavy atom. The molecule has 5 rings (SSSR count). The van der Waals surface area contributed by atoms with Gasteiger partial charge in [-0.15, -0.1) is 0 Å². The number of benzene rings is 2. The van der Waals surface area contributed by atoms with Gasteiger partial charge in [-0.2, -0.15) is 13.7 Å². The molecular formula is C21H15N3O5S. The molecule has 0 aliphatic carbocycles. The van der Waals surface area contributed by atoms with Gasteiger partial charge in [0.15, 0.2) is 21.8 Å². The summed E-state index contributed by atoms with van der Waals surface area (Å²) in [4.78, 5) is 14.6. The third-order valence-corrected chi connectivity index (χ3v) is 7.01. The lowest BCUT2D eigenvalue weighted by atomic mass is 9.72. The molecule has 9 heteroatoms. The lowest BCUT2D eigenvalue weighted by Crippen LogP contribution is -2.48. The van der Waals surface area contributed by atoms with Crippen LogP contribution in [0, 0.1) is 18.3 Å². The average molecular weight is 421 g/mol. The third-order valence-electron chi connectivity index (χ3n) is 5.62. The van der Waals surface area contributed by atoms with Crippen LogP contribution in [-0.4, -0.2) is 21.4 Å². The topological polar surface area (TPSA) is 123 Å². The molecule has 0 saturated heterocycles. The van der Waals surface area contributed by atoms with E-state index in [1.165, 1.54) is 18.0 Å². The Bertz CT molecular complexity index is 1380. The van der Waals surface area contributed by atoms with Crippen LogP contribution in [0.3, 0.4) is 0 Å². The van der Waals surface area contributed by atoms with Gasteiger partial charge in [0.05, 0.1) is 5.56 Å². The molecule has 1 unspecified atom stereocenters. The van der Waals surface area contributed by atoms with E-state index in [-0.39, 0.29) is 23.0 Å². The van der Waals surface area contributed by atoms with Crippen LogP contribution >= 0.6 is 0 Å². The molecule has 2 aromatic rings. The van der Waals surface area contributed by atoms with Crippen molar-refractivity contribution in [3.63, 3.8) is 0 Å². The fourth-order valence-corrected chi connectivity index (χ4v) is 5.88. The van der Waals surface area contributed by atoms with E-state index in [4.69, 9.17) is 14.7 Å². The maximum atomic E-state index is 13.7. The number of nitrogens with two attached hydrogens (primary N) is 1. The highest BCUT2D eigenvalue weighted by Crippen LogP contribution is 2.58. The van der Waals surface area contributed by atoms with Crippen molar-refractivity contribution in [2.45, 2.75) is 12.3 Å². The van der Waals surface area contributed by atoms with E-state index in [9.17, 15) is 18.5 Å². The minimum atomic E-state index is -4.50. The Morgan fingerprint density at radius 2 is 1.93 bits per heavy atom. The lowest BCUT2D eigenvalue weighted by Gasteiger charge is -2.37. The molecule has 0 bridgehead atoms. The first-order valence-electron chi connectivity index (χ1n) is 8.99. The Balaban J connectivity index is 2.00. The average Bonchev–Trinajstić information content (AvgIpc) is 2.90. The molecular weight excluding hydrogens is 406 g/mol. The summed E-state index contributed by atoms with van der Waals surface area (Å²) in [5, 5.41) is 9.94. The number of nitrogens with zero attached hydrogens (tertiary/aromatic N) is 2. The molecule has 0 fully saturated rings. The molecule has 1 amide bonds. The van der Waals surface area contributed by atoms with Crippen LogP contribution in [0.5, 0.6) is 5.75 Å². The van der Waals surface area contributed by atoms with E-state index < -0.39 is 26.3 Å². The van der Waals surface area contributed by atoms with Crippen molar-refractivity contribution in [2.75, 3.05) is 11.9 Å². The summed E-state index contributed by atoms with van der Waals surface area (Å²) >= 11 is 0. The number of para-hydroxylation sites is 1. The summed E-state index contributed by atoms with van der Waals surface area (Å²) in [5.41, 5.74) is 5.76. The van der Waals surface area contributed by atoms with Crippen molar-refractivity contribution in [1.82, 2.24) is 0 Å². The molecule has 8 nitrogen and oxygen atoms in total. The number of aryl methyl sites for hydroxylation is 1. The maximum absolute atomic E-state index is 13.7. The van der Waals surface area contributed by atoms with Crippen LogP contribution in [0.2, 0.25) is 0 Å². The van der Waals surface area contributed by atoms with Crippen LogP contribution < -0.4 is 14.8 Å². The smallest absolute Gasteiger partial charge is 0.340 e. The minimum absolute atomic E-state index is 0.0582. The van der Waals surface area contributed by atoms with Gasteiger partial charge in [-0.1, -0.05) is 29.8 Å². The van der Waals surface area contributed by atoms with Crippen LogP contribution in [0.25, 0.3) is 5.76 Å². The van der Waals surface area contributed by atoms with E-state index in [1.807, 2.05) is 13.0 Å². The van der Waals surface area contributed by atoms with Gasteiger partial charge in [0, 0.05) is 18.3 Å². The first-order chi connectivity index (χ1) is 14.2. The van der Waals surface area contributed by atoms with Gasteiger partial charge >= 0.3 is 10.1 Å². The van der Waals surface area contributed by atoms with Crippen molar-refractivity contribution < 1.29 is 22.1 Å². The third kappa shape index (κ3) is 1.98. The summed E-state index contributed by atoms with van der Waals surface area (Å²) < 4.78 is 37.7. The molecule has 3 heterocycles. The maximum Gasteiger partial charge on any atom is 0.340 e. The van der Waals surface area contributed by atoms with E-state index in [0.29, 0.717) is 16.8 Å². The molecule has 2 N–H and O–H groups in total. The van der Waals surface area contributed by atoms with Crippen molar-refractivity contribution in [1.29, 1.82) is 5.26 Å². The molecule has 0 aromatic heterocycles. The number of carbonyl (C=O) groups is 1.